The number of carbonyl (C=O) groups excluding carboxylic acids is 2. The van der Waals surface area contributed by atoms with Crippen LogP contribution in [-0.2, 0) is 4.79 Å². The molecule has 26 heavy (non-hydrogen) atoms. The van der Waals surface area contributed by atoms with Crippen LogP contribution in [0.4, 0.5) is 0 Å². The van der Waals surface area contributed by atoms with Gasteiger partial charge in [0.05, 0.1) is 23.8 Å². The Morgan fingerprint density at radius 2 is 2.08 bits per heavy atom. The van der Waals surface area contributed by atoms with Crippen molar-refractivity contribution in [1.82, 2.24) is 15.2 Å². The number of aromatic nitrogens is 1. The molecule has 0 fully saturated rings. The molecule has 136 valence electrons. The smallest absolute Gasteiger partial charge is 0.252 e. The number of fused-ring (bicyclic) bond motifs is 1. The minimum absolute atomic E-state index is 0.372. The van der Waals surface area contributed by atoms with Crippen molar-refractivity contribution in [2.75, 3.05) is 13.2 Å². The number of amides is 2. The fourth-order valence-corrected chi connectivity index (χ4v) is 2.72. The number of hydrogen-bond donors (Lipinski definition) is 2. The third-order valence-electron chi connectivity index (χ3n) is 4.08. The van der Waals surface area contributed by atoms with Crippen LogP contribution in [0.3, 0.4) is 0 Å². The zero-order chi connectivity index (χ0) is 19.1. The van der Waals surface area contributed by atoms with Gasteiger partial charge in [0.1, 0.15) is 12.1 Å². The quantitative estimate of drug-likeness (QED) is 0.783. The summed E-state index contributed by atoms with van der Waals surface area (Å²) < 4.78 is 0. The number of rotatable bonds is 7. The zero-order valence-electron chi connectivity index (χ0n) is 14.8. The van der Waals surface area contributed by atoms with E-state index in [1.54, 1.807) is 31.2 Å². The second kappa shape index (κ2) is 8.92. The third-order valence-corrected chi connectivity index (χ3v) is 4.08. The summed E-state index contributed by atoms with van der Waals surface area (Å²) in [4.78, 5) is 30.9. The molecule has 2 atom stereocenters. The van der Waals surface area contributed by atoms with Crippen LogP contribution in [0.2, 0.25) is 0 Å². The van der Waals surface area contributed by atoms with Crippen LogP contribution in [0.25, 0.3) is 10.9 Å². The minimum Gasteiger partial charge on any atom is -0.394 e. The number of benzene rings is 1. The van der Waals surface area contributed by atoms with Gasteiger partial charge in [0.2, 0.25) is 5.91 Å². The normalized spacial score (nSPS) is 12.8. The summed E-state index contributed by atoms with van der Waals surface area (Å²) >= 11 is 0. The first-order chi connectivity index (χ1) is 12.5. The number of nitrogens with one attached hydrogen (secondary N) is 1. The molecule has 0 spiro atoms. The van der Waals surface area contributed by atoms with Crippen molar-refractivity contribution in [3.63, 3.8) is 0 Å². The van der Waals surface area contributed by atoms with E-state index in [4.69, 9.17) is 5.26 Å². The van der Waals surface area contributed by atoms with E-state index in [9.17, 15) is 14.7 Å². The lowest BCUT2D eigenvalue weighted by atomic mass is 10.1. The van der Waals surface area contributed by atoms with Crippen LogP contribution in [0.15, 0.2) is 36.5 Å². The van der Waals surface area contributed by atoms with Crippen molar-refractivity contribution < 1.29 is 14.7 Å². The van der Waals surface area contributed by atoms with Gasteiger partial charge < -0.3 is 15.3 Å². The maximum Gasteiger partial charge on any atom is 0.252 e. The van der Waals surface area contributed by atoms with Crippen molar-refractivity contribution in [2.45, 2.75) is 32.4 Å². The van der Waals surface area contributed by atoms with Gasteiger partial charge in [-0.2, -0.15) is 5.26 Å². The van der Waals surface area contributed by atoms with E-state index in [0.717, 1.165) is 0 Å². The van der Waals surface area contributed by atoms with Crippen molar-refractivity contribution in [3.05, 3.63) is 42.1 Å². The molecule has 0 radical (unpaired) electrons. The van der Waals surface area contributed by atoms with E-state index in [1.165, 1.54) is 11.1 Å². The molecule has 7 nitrogen and oxygen atoms in total. The van der Waals surface area contributed by atoms with Gasteiger partial charge in [-0.25, -0.2) is 0 Å². The molecule has 2 N–H and O–H groups in total. The van der Waals surface area contributed by atoms with Crippen molar-refractivity contribution in [2.24, 2.45) is 0 Å². The lowest BCUT2D eigenvalue weighted by Gasteiger charge is -2.28. The van der Waals surface area contributed by atoms with Gasteiger partial charge in [-0.1, -0.05) is 25.1 Å². The molecule has 0 bridgehead atoms. The lowest BCUT2D eigenvalue weighted by Crippen LogP contribution is -2.53. The highest BCUT2D eigenvalue weighted by Crippen LogP contribution is 2.16. The molecule has 0 aliphatic rings. The Balaban J connectivity index is 2.24. The van der Waals surface area contributed by atoms with Gasteiger partial charge in [-0.15, -0.1) is 0 Å². The van der Waals surface area contributed by atoms with E-state index < -0.39 is 30.5 Å². The third kappa shape index (κ3) is 4.16. The molecule has 0 aliphatic carbocycles. The second-order valence-corrected chi connectivity index (χ2v) is 5.92. The molecule has 1 aromatic carbocycles. The first-order valence-electron chi connectivity index (χ1n) is 8.49. The van der Waals surface area contributed by atoms with Gasteiger partial charge in [0.15, 0.2) is 0 Å². The van der Waals surface area contributed by atoms with Crippen molar-refractivity contribution in [3.8, 4) is 6.07 Å². The number of nitrogens with zero attached hydrogens (tertiary/aromatic N) is 3. The Bertz CT molecular complexity index is 826. The van der Waals surface area contributed by atoms with Crippen molar-refractivity contribution in [1.29, 1.82) is 5.26 Å². The summed E-state index contributed by atoms with van der Waals surface area (Å²) in [6.45, 7) is 3.32. The average Bonchev–Trinajstić information content (AvgIpc) is 2.68. The maximum atomic E-state index is 12.7. The summed E-state index contributed by atoms with van der Waals surface area (Å²) in [7, 11) is 0. The molecule has 0 aliphatic heterocycles. The average molecular weight is 354 g/mol. The summed E-state index contributed by atoms with van der Waals surface area (Å²) in [5, 5.41) is 22.0. The minimum atomic E-state index is -1.11. The van der Waals surface area contributed by atoms with Crippen LogP contribution in [0, 0.1) is 11.3 Å². The molecule has 7 heteroatoms. The number of para-hydroxylation sites is 1. The number of pyridine rings is 1. The van der Waals surface area contributed by atoms with Crippen LogP contribution in [0.5, 0.6) is 0 Å². The summed E-state index contributed by atoms with van der Waals surface area (Å²) in [6, 6.07) is 9.01. The van der Waals surface area contributed by atoms with E-state index in [-0.39, 0.29) is 0 Å². The molecule has 1 heterocycles. The van der Waals surface area contributed by atoms with E-state index in [1.807, 2.05) is 19.1 Å². The molecule has 1 unspecified atom stereocenters. The number of aliphatic hydroxyl groups is 1. The van der Waals surface area contributed by atoms with E-state index in [0.29, 0.717) is 29.4 Å². The summed E-state index contributed by atoms with van der Waals surface area (Å²) in [5.74, 6) is -0.952. The maximum absolute atomic E-state index is 12.7. The Kier molecular flexibility index (Phi) is 6.64. The van der Waals surface area contributed by atoms with E-state index >= 15 is 0 Å². The summed E-state index contributed by atoms with van der Waals surface area (Å²) in [6.07, 6.45) is 2.19. The Morgan fingerprint density at radius 3 is 2.73 bits per heavy atom. The lowest BCUT2D eigenvalue weighted by molar-refractivity contribution is -0.135. The highest BCUT2D eigenvalue weighted by molar-refractivity contribution is 6.07. The molecular weight excluding hydrogens is 332 g/mol. The summed E-state index contributed by atoms with van der Waals surface area (Å²) in [5.41, 5.74) is 1.04. The first-order valence-corrected chi connectivity index (χ1v) is 8.49. The standard InChI is InChI=1S/C19H22N4O3/c1-3-10-23(13(2)11-20)19(26)17(12-24)22-18(25)15-8-9-21-16-7-5-4-6-14(15)16/h4-9,13,17,24H,3,10,12H2,1-2H3,(H,22,25)/t13-,17?/m0/s1. The fraction of sp³-hybridized carbons (Fsp3) is 0.368. The van der Waals surface area contributed by atoms with Gasteiger partial charge in [-0.05, 0) is 25.5 Å². The SMILES string of the molecule is CCCN(C(=O)C(CO)NC(=O)c1ccnc2ccccc12)[C@@H](C)C#N. The van der Waals surface area contributed by atoms with Crippen LogP contribution in [0.1, 0.15) is 30.6 Å². The molecule has 2 amide bonds. The zero-order valence-corrected chi connectivity index (χ0v) is 14.8. The Labute approximate surface area is 152 Å². The number of aliphatic hydroxyl groups excluding tert-OH is 1. The number of nitriles is 1. The predicted molar refractivity (Wildman–Crippen MR) is 97.2 cm³/mol. The number of hydrogen-bond acceptors (Lipinski definition) is 5. The van der Waals surface area contributed by atoms with Gasteiger partial charge in [0, 0.05) is 18.1 Å². The Hall–Kier alpha value is -2.98. The molecule has 2 rings (SSSR count). The first kappa shape index (κ1) is 19.3. The molecular formula is C19H22N4O3. The van der Waals surface area contributed by atoms with E-state index in [2.05, 4.69) is 10.3 Å². The number of carbonyl (C=O) groups is 2. The predicted octanol–water partition coefficient (Wildman–Crippen LogP) is 1.48. The molecule has 1 aromatic heterocycles. The van der Waals surface area contributed by atoms with Gasteiger partial charge in [-0.3, -0.25) is 14.6 Å². The second-order valence-electron chi connectivity index (χ2n) is 5.92. The van der Waals surface area contributed by atoms with Gasteiger partial charge in [0.25, 0.3) is 5.91 Å². The van der Waals surface area contributed by atoms with Crippen LogP contribution in [-0.4, -0.2) is 52.0 Å². The molecule has 2 aromatic rings. The van der Waals surface area contributed by atoms with Crippen LogP contribution >= 0.6 is 0 Å². The highest BCUT2D eigenvalue weighted by Gasteiger charge is 2.28. The van der Waals surface area contributed by atoms with Gasteiger partial charge >= 0.3 is 0 Å². The monoisotopic (exact) mass is 354 g/mol. The molecule has 0 saturated carbocycles. The largest absolute Gasteiger partial charge is 0.394 e. The van der Waals surface area contributed by atoms with Crippen LogP contribution < -0.4 is 5.32 Å². The molecule has 0 saturated heterocycles. The highest BCUT2D eigenvalue weighted by atomic mass is 16.3. The fourth-order valence-electron chi connectivity index (χ4n) is 2.72. The topological polar surface area (TPSA) is 106 Å². The Morgan fingerprint density at radius 1 is 1.35 bits per heavy atom. The van der Waals surface area contributed by atoms with Crippen molar-refractivity contribution >= 4 is 22.7 Å².